The SMILES string of the molecule is CCCCCCCCCCCCN1C(=O)C(CC(C)(C)C)C(C(C)(C)CC2C(=O)N(CCN(C)C)C(=O)C2C(C)(C)CC2C(=O)N(CCC[Si](C)(C)O[Si](C)(C)CCCC)C(=O)C2C(C)(C)CC(C(=O)O)C(C)C(=O)OCC)C1=O.CCCCCCCCCCCCN1C(=O)C(CC(C)(C)C2C(=O)N(CCN(C)C)C(=O)C2CC(C)(C)C)C(C(C)(C)CC(C(=O)O)C(C)C(=O)OCC)C1=O.CCCC[Si](C)(C)O[Si](C)(C)NCCC. The van der Waals surface area contributed by atoms with Crippen molar-refractivity contribution < 1.29 is 95.0 Å². The lowest BCUT2D eigenvalue weighted by atomic mass is 9.59. The maximum absolute atomic E-state index is 15.3. The van der Waals surface area contributed by atoms with Crippen LogP contribution in [0.15, 0.2) is 0 Å². The molecule has 10 amide bonds. The minimum atomic E-state index is -2.23. The first-order valence-electron chi connectivity index (χ1n) is 58.8. The summed E-state index contributed by atoms with van der Waals surface area (Å²) in [6.07, 6.45) is 30.1. The number of hydrogen-bond acceptors (Lipinski definition) is 21. The lowest BCUT2D eigenvalue weighted by molar-refractivity contribution is -0.158. The van der Waals surface area contributed by atoms with Gasteiger partial charge < -0.3 is 42.7 Å². The van der Waals surface area contributed by atoms with Crippen LogP contribution >= 0.6 is 0 Å². The summed E-state index contributed by atoms with van der Waals surface area (Å²) >= 11 is 0. The van der Waals surface area contributed by atoms with E-state index in [1.54, 1.807) is 27.7 Å². The van der Waals surface area contributed by atoms with Gasteiger partial charge in [0.2, 0.25) is 59.1 Å². The van der Waals surface area contributed by atoms with Crippen LogP contribution in [0.5, 0.6) is 0 Å². The Hall–Kier alpha value is -5.75. The number of likely N-dealkylation sites (tertiary alicyclic amines) is 5. The van der Waals surface area contributed by atoms with Crippen LogP contribution in [0.4, 0.5) is 0 Å². The van der Waals surface area contributed by atoms with Crippen molar-refractivity contribution in [1.29, 1.82) is 0 Å². The molecule has 5 saturated heterocycles. The number of imide groups is 5. The number of carbonyl (C=O) groups is 14. The highest BCUT2D eigenvalue weighted by Gasteiger charge is 2.65. The van der Waals surface area contributed by atoms with Crippen LogP contribution < -0.4 is 4.98 Å². The number of carboxylic acid groups (broad SMARTS) is 2. The highest BCUT2D eigenvalue weighted by atomic mass is 28.4. The predicted octanol–water partition coefficient (Wildman–Crippen LogP) is 24.0. The Morgan fingerprint density at radius 2 is 0.547 bits per heavy atom. The van der Waals surface area contributed by atoms with E-state index in [9.17, 15) is 58.2 Å². The van der Waals surface area contributed by atoms with E-state index in [0.717, 1.165) is 76.4 Å². The van der Waals surface area contributed by atoms with Crippen LogP contribution in [0.1, 0.15) is 385 Å². The van der Waals surface area contributed by atoms with E-state index in [-0.39, 0.29) is 130 Å². The summed E-state index contributed by atoms with van der Waals surface area (Å²) in [6, 6.07) is 3.07. The Balaban J connectivity index is 0.000000709. The number of hydrogen-bond donors (Lipinski definition) is 3. The molecule has 0 radical (unpaired) electrons. The molecule has 5 fully saturated rings. The molecule has 0 spiro atoms. The number of aliphatic carboxylic acids is 2. The summed E-state index contributed by atoms with van der Waals surface area (Å²) in [5.41, 5.74) is -5.59. The molecule has 0 aromatic heterocycles. The second-order valence-corrected chi connectivity index (χ2v) is 71.3. The summed E-state index contributed by atoms with van der Waals surface area (Å²) in [7, 11) is 0.347. The molecule has 28 nitrogen and oxygen atoms in total. The Labute approximate surface area is 915 Å². The first-order valence-corrected chi connectivity index (χ1v) is 71.0. The van der Waals surface area contributed by atoms with Crippen molar-refractivity contribution >= 4 is 116 Å². The smallest absolute Gasteiger partial charge is 0.309 e. The van der Waals surface area contributed by atoms with E-state index in [4.69, 9.17) is 17.7 Å². The molecule has 32 heteroatoms. The number of amides is 10. The van der Waals surface area contributed by atoms with Crippen molar-refractivity contribution in [1.82, 2.24) is 39.3 Å². The van der Waals surface area contributed by atoms with Crippen molar-refractivity contribution in [3.8, 4) is 0 Å². The minimum Gasteiger partial charge on any atom is -0.481 e. The zero-order valence-corrected chi connectivity index (χ0v) is 106. The van der Waals surface area contributed by atoms with Gasteiger partial charge in [-0.2, -0.15) is 0 Å². The first-order chi connectivity index (χ1) is 69.3. The van der Waals surface area contributed by atoms with Gasteiger partial charge in [-0.1, -0.05) is 301 Å². The number of likely N-dealkylation sites (N-methyl/N-ethyl adjacent to an activating group) is 2. The van der Waals surface area contributed by atoms with Gasteiger partial charge in [0.1, 0.15) is 0 Å². The Morgan fingerprint density at radius 1 is 0.313 bits per heavy atom. The van der Waals surface area contributed by atoms with Crippen LogP contribution in [0.25, 0.3) is 0 Å². The molecule has 868 valence electrons. The van der Waals surface area contributed by atoms with Crippen molar-refractivity contribution in [3.05, 3.63) is 0 Å². The third-order valence-corrected chi connectivity index (χ3v) is 47.1. The van der Waals surface area contributed by atoms with E-state index in [1.807, 2.05) is 93.4 Å². The van der Waals surface area contributed by atoms with Crippen LogP contribution in [0.3, 0.4) is 0 Å². The Morgan fingerprint density at radius 3 is 0.793 bits per heavy atom. The zero-order valence-electron chi connectivity index (χ0n) is 102. The second kappa shape index (κ2) is 62.0. The topological polar surface area (TPSA) is 351 Å². The summed E-state index contributed by atoms with van der Waals surface area (Å²) in [6.45, 7) is 70.2. The van der Waals surface area contributed by atoms with Gasteiger partial charge in [0, 0.05) is 45.8 Å². The predicted molar refractivity (Wildman–Crippen MR) is 613 cm³/mol. The first kappa shape index (κ1) is 138. The number of esters is 2. The van der Waals surface area contributed by atoms with E-state index in [0.29, 0.717) is 45.3 Å². The molecule has 5 heterocycles. The fraction of sp³-hybridized carbons (Fsp3) is 0.881. The molecule has 5 rings (SSSR count). The molecule has 0 aliphatic carbocycles. The molecule has 0 saturated carbocycles. The summed E-state index contributed by atoms with van der Waals surface area (Å²) < 4.78 is 23.8. The summed E-state index contributed by atoms with van der Waals surface area (Å²) in [5, 5.41) is 21.0. The van der Waals surface area contributed by atoms with E-state index < -0.39 is 179 Å². The minimum absolute atomic E-state index is 0.0240. The van der Waals surface area contributed by atoms with Gasteiger partial charge >= 0.3 is 23.9 Å². The summed E-state index contributed by atoms with van der Waals surface area (Å²) in [5.74, 6) is -19.3. The van der Waals surface area contributed by atoms with Gasteiger partial charge in [0.25, 0.3) is 8.48 Å². The molecule has 5 aliphatic heterocycles. The number of rotatable bonds is 70. The third-order valence-electron chi connectivity index (χ3n) is 32.7. The van der Waals surface area contributed by atoms with Crippen LogP contribution in [-0.4, -0.2) is 255 Å². The van der Waals surface area contributed by atoms with Crippen molar-refractivity contribution in [3.63, 3.8) is 0 Å². The number of carboxylic acids is 2. The molecule has 3 N–H and O–H groups in total. The van der Waals surface area contributed by atoms with Gasteiger partial charge in [0.05, 0.1) is 96.1 Å². The molecule has 5 aliphatic rings. The molecular weight excluding hydrogens is 1960 g/mol. The lowest BCUT2D eigenvalue weighted by Crippen LogP contribution is -2.54. The fourth-order valence-electron chi connectivity index (χ4n) is 25.1. The number of ether oxygens (including phenoxy) is 2. The quantitative estimate of drug-likeness (QED) is 0.0220. The molecule has 0 aromatic rings. The number of nitrogens with one attached hydrogen (secondary N) is 1. The van der Waals surface area contributed by atoms with Crippen LogP contribution in [0.2, 0.25) is 70.5 Å². The van der Waals surface area contributed by atoms with E-state index in [2.05, 4.69) is 134 Å². The Kier molecular flexibility index (Phi) is 57.2. The van der Waals surface area contributed by atoms with Gasteiger partial charge in [-0.15, -0.1) is 0 Å². The van der Waals surface area contributed by atoms with Crippen LogP contribution in [-0.2, 0) is 84.8 Å². The van der Waals surface area contributed by atoms with E-state index >= 15 is 19.2 Å². The highest BCUT2D eigenvalue weighted by molar-refractivity contribution is 6.85. The molecule has 0 bridgehead atoms. The second-order valence-electron chi connectivity index (χ2n) is 54.2. The summed E-state index contributed by atoms with van der Waals surface area (Å²) in [4.78, 5) is 214. The highest BCUT2D eigenvalue weighted by Crippen LogP contribution is 2.58. The third kappa shape index (κ3) is 42.9. The largest absolute Gasteiger partial charge is 0.481 e. The molecule has 14 atom stereocenters. The number of unbranched alkanes of at least 4 members (excludes halogenated alkanes) is 20. The molecule has 150 heavy (non-hydrogen) atoms. The monoisotopic (exact) mass is 2180 g/mol. The average Bonchev–Trinajstić information content (AvgIpc) is 1.57. The normalized spacial score (nSPS) is 21.6. The van der Waals surface area contributed by atoms with Gasteiger partial charge in [-0.25, -0.2) is 0 Å². The molecule has 0 aromatic carbocycles. The van der Waals surface area contributed by atoms with Gasteiger partial charge in [-0.3, -0.25) is 91.6 Å². The Bertz CT molecular complexity index is 4270. The maximum Gasteiger partial charge on any atom is 0.309 e. The van der Waals surface area contributed by atoms with Gasteiger partial charge in [0.15, 0.2) is 25.0 Å². The molecule has 14 unspecified atom stereocenters. The lowest BCUT2D eigenvalue weighted by Gasteiger charge is -2.42. The average molecular weight is 2180 g/mol. The van der Waals surface area contributed by atoms with Gasteiger partial charge in [-0.05, 0) is 228 Å². The van der Waals surface area contributed by atoms with Crippen molar-refractivity contribution in [2.45, 2.75) is 455 Å². The standard InChI is InChI=1S/C63H114N4O11Si2.C44H77N3O8.C11H29NOSi2/c1-20-23-25-26-27-28-29-30-31-32-34-65-52(68)46(40-60(5,6)7)49(55(65)71)62(10,11)43-48-51(57(73)67(54(48)70)37-36-64(14)15)63(12,13)42-47-50(61(8,9)41-45(58(74)75)44(4)59(76)77-22-3)56(72)66(53(47)69)35-33-39-80(18,19)78-79(16,17)38-24-21-2;1-13-15-16-17-18-19-20-21-22-23-24-46-37(49)33(35(38(46)50)43(7,8)28-31(40(52)53)30(3)41(54)55-14-2)29-44(9,10)34-32(27-42(4,5)6)36(48)47(39(34)51)26-25-45(11)12;1-7-9-11-14(3,4)13-15(5,6)12-10-8-2/h44-51H,20-43H2,1-19H3,(H,74,75);30-35H,13-29H2,1-12H3,(H,52,53);12H,7-11H2,1-6H3. The number of nitrogens with zero attached hydrogens (tertiary/aromatic N) is 7. The van der Waals surface area contributed by atoms with Crippen molar-refractivity contribution in [2.75, 3.05) is 93.8 Å². The zero-order chi connectivity index (χ0) is 115. The van der Waals surface area contributed by atoms with Crippen molar-refractivity contribution in [2.24, 2.45) is 121 Å². The van der Waals surface area contributed by atoms with Crippen LogP contribution in [0, 0.1) is 121 Å². The van der Waals surface area contributed by atoms with E-state index in [1.165, 1.54) is 141 Å². The molecular formula is C118H220N8O20Si4. The number of carbonyl (C=O) groups excluding carboxylic acids is 12. The maximum atomic E-state index is 15.3. The fourth-order valence-corrected chi connectivity index (χ4v) is 42.4.